The zero-order chi connectivity index (χ0) is 9.54. The molecule has 0 saturated carbocycles. The summed E-state index contributed by atoms with van der Waals surface area (Å²) in [6, 6.07) is 8.67. The lowest BCUT2D eigenvalue weighted by molar-refractivity contribution is 0.563. The molecule has 0 unspecified atom stereocenters. The Bertz CT molecular complexity index is 666. The van der Waals surface area contributed by atoms with E-state index >= 15 is 0 Å². The van der Waals surface area contributed by atoms with E-state index in [9.17, 15) is 4.79 Å². The third-order valence-electron chi connectivity index (χ3n) is 2.22. The van der Waals surface area contributed by atoms with Crippen molar-refractivity contribution >= 4 is 34.3 Å². The SMILES string of the molecule is Cl.O=c1ccc2ccc3occc3c2o1. The predicted octanol–water partition coefficient (Wildman–Crippen LogP) is 2.96. The van der Waals surface area contributed by atoms with E-state index < -0.39 is 0 Å². The van der Waals surface area contributed by atoms with Crippen LogP contribution in [-0.4, -0.2) is 0 Å². The Morgan fingerprint density at radius 2 is 1.80 bits per heavy atom. The van der Waals surface area contributed by atoms with Gasteiger partial charge < -0.3 is 8.83 Å². The molecule has 0 N–H and O–H groups in total. The van der Waals surface area contributed by atoms with E-state index in [1.807, 2.05) is 12.1 Å². The summed E-state index contributed by atoms with van der Waals surface area (Å²) in [6.07, 6.45) is 1.58. The summed E-state index contributed by atoms with van der Waals surface area (Å²) in [7, 11) is 0. The molecule has 3 aromatic rings. The highest BCUT2D eigenvalue weighted by Gasteiger charge is 2.04. The van der Waals surface area contributed by atoms with Crippen molar-refractivity contribution in [2.45, 2.75) is 0 Å². The lowest BCUT2D eigenvalue weighted by Crippen LogP contribution is -1.93. The van der Waals surface area contributed by atoms with Gasteiger partial charge in [0.15, 0.2) is 0 Å². The van der Waals surface area contributed by atoms with Crippen LogP contribution in [0.1, 0.15) is 0 Å². The maximum atomic E-state index is 11.1. The predicted molar refractivity (Wildman–Crippen MR) is 59.5 cm³/mol. The summed E-state index contributed by atoms with van der Waals surface area (Å²) in [5.41, 5.74) is 0.974. The molecule has 0 aliphatic heterocycles. The number of furan rings is 1. The smallest absolute Gasteiger partial charge is 0.336 e. The van der Waals surface area contributed by atoms with E-state index in [1.165, 1.54) is 6.07 Å². The van der Waals surface area contributed by atoms with Crippen LogP contribution in [0.5, 0.6) is 0 Å². The minimum absolute atomic E-state index is 0. The summed E-state index contributed by atoms with van der Waals surface area (Å²) in [5.74, 6) is 0. The Morgan fingerprint density at radius 1 is 1.00 bits per heavy atom. The lowest BCUT2D eigenvalue weighted by atomic mass is 10.2. The molecule has 76 valence electrons. The fourth-order valence-corrected chi connectivity index (χ4v) is 1.57. The van der Waals surface area contributed by atoms with Gasteiger partial charge in [-0.05, 0) is 24.3 Å². The molecule has 1 aromatic carbocycles. The first-order chi connectivity index (χ1) is 6.84. The highest BCUT2D eigenvalue weighted by molar-refractivity contribution is 6.01. The van der Waals surface area contributed by atoms with Crippen molar-refractivity contribution in [2.24, 2.45) is 0 Å². The fourth-order valence-electron chi connectivity index (χ4n) is 1.57. The number of rotatable bonds is 0. The molecule has 0 saturated heterocycles. The van der Waals surface area contributed by atoms with Crippen molar-refractivity contribution in [3.05, 3.63) is 47.0 Å². The average Bonchev–Trinajstić information content (AvgIpc) is 2.65. The highest BCUT2D eigenvalue weighted by atomic mass is 35.5. The Morgan fingerprint density at radius 3 is 2.67 bits per heavy atom. The van der Waals surface area contributed by atoms with Gasteiger partial charge in [-0.2, -0.15) is 0 Å². The number of halogens is 1. The van der Waals surface area contributed by atoms with E-state index in [4.69, 9.17) is 8.83 Å². The first-order valence-electron chi connectivity index (χ1n) is 4.25. The lowest BCUT2D eigenvalue weighted by Gasteiger charge is -1.95. The molecule has 0 fully saturated rings. The van der Waals surface area contributed by atoms with Gasteiger partial charge in [-0.15, -0.1) is 12.4 Å². The minimum atomic E-state index is -0.341. The molecule has 2 heterocycles. The van der Waals surface area contributed by atoms with E-state index in [1.54, 1.807) is 18.4 Å². The Balaban J connectivity index is 0.000000853. The molecule has 0 radical (unpaired) electrons. The molecule has 0 atom stereocenters. The van der Waals surface area contributed by atoms with Gasteiger partial charge in [0.25, 0.3) is 0 Å². The Kier molecular flexibility index (Phi) is 2.25. The van der Waals surface area contributed by atoms with Crippen LogP contribution >= 0.6 is 12.4 Å². The molecule has 0 amide bonds. The highest BCUT2D eigenvalue weighted by Crippen LogP contribution is 2.24. The van der Waals surface area contributed by atoms with E-state index in [0.717, 1.165) is 16.4 Å². The van der Waals surface area contributed by atoms with Gasteiger partial charge in [0.05, 0.1) is 11.6 Å². The molecule has 3 nitrogen and oxygen atoms in total. The molecule has 15 heavy (non-hydrogen) atoms. The quantitative estimate of drug-likeness (QED) is 0.549. The summed E-state index contributed by atoms with van der Waals surface area (Å²) in [4.78, 5) is 11.1. The van der Waals surface area contributed by atoms with Crippen LogP contribution in [0, 0.1) is 0 Å². The van der Waals surface area contributed by atoms with Crippen molar-refractivity contribution in [3.8, 4) is 0 Å². The van der Waals surface area contributed by atoms with Crippen LogP contribution in [0.4, 0.5) is 0 Å². The molecule has 4 heteroatoms. The zero-order valence-corrected chi connectivity index (χ0v) is 8.41. The zero-order valence-electron chi connectivity index (χ0n) is 7.60. The molecule has 3 rings (SSSR count). The Labute approximate surface area is 90.7 Å². The second-order valence-electron chi connectivity index (χ2n) is 3.07. The Hall–Kier alpha value is -1.74. The van der Waals surface area contributed by atoms with Crippen molar-refractivity contribution < 1.29 is 8.83 Å². The van der Waals surface area contributed by atoms with Gasteiger partial charge in [0.2, 0.25) is 0 Å². The summed E-state index contributed by atoms with van der Waals surface area (Å²) in [6.45, 7) is 0. The summed E-state index contributed by atoms with van der Waals surface area (Å²) >= 11 is 0. The standard InChI is InChI=1S/C11H6O3.ClH/c12-10-4-2-7-1-3-9-8(5-6-13-9)11(7)14-10;/h1-6H;1H. The van der Waals surface area contributed by atoms with Crippen LogP contribution in [0.15, 0.2) is 50.2 Å². The van der Waals surface area contributed by atoms with E-state index in [-0.39, 0.29) is 18.0 Å². The number of fused-ring (bicyclic) bond motifs is 3. The van der Waals surface area contributed by atoms with E-state index in [0.29, 0.717) is 5.58 Å². The summed E-state index contributed by atoms with van der Waals surface area (Å²) in [5, 5.41) is 1.73. The van der Waals surface area contributed by atoms with Gasteiger partial charge in [0.1, 0.15) is 11.2 Å². The topological polar surface area (TPSA) is 43.4 Å². The van der Waals surface area contributed by atoms with Crippen LogP contribution in [-0.2, 0) is 0 Å². The molecule has 0 aliphatic rings. The van der Waals surface area contributed by atoms with Crippen LogP contribution < -0.4 is 5.63 Å². The van der Waals surface area contributed by atoms with Crippen LogP contribution in [0.2, 0.25) is 0 Å². The molecule has 2 aromatic heterocycles. The van der Waals surface area contributed by atoms with Gasteiger partial charge in [0, 0.05) is 11.5 Å². The van der Waals surface area contributed by atoms with Gasteiger partial charge >= 0.3 is 5.63 Å². The number of hydrogen-bond acceptors (Lipinski definition) is 3. The third-order valence-corrected chi connectivity index (χ3v) is 2.22. The average molecular weight is 223 g/mol. The monoisotopic (exact) mass is 222 g/mol. The number of benzene rings is 1. The van der Waals surface area contributed by atoms with Crippen LogP contribution in [0.25, 0.3) is 21.9 Å². The molecular formula is C11H7ClO3. The van der Waals surface area contributed by atoms with Crippen molar-refractivity contribution in [1.29, 1.82) is 0 Å². The van der Waals surface area contributed by atoms with Crippen LogP contribution in [0.3, 0.4) is 0 Å². The van der Waals surface area contributed by atoms with Crippen molar-refractivity contribution in [3.63, 3.8) is 0 Å². The molecule has 0 bridgehead atoms. The number of hydrogen-bond donors (Lipinski definition) is 0. The molecule has 0 spiro atoms. The normalized spacial score (nSPS) is 10.4. The van der Waals surface area contributed by atoms with Gasteiger partial charge in [-0.3, -0.25) is 0 Å². The third kappa shape index (κ3) is 1.41. The second-order valence-corrected chi connectivity index (χ2v) is 3.07. The van der Waals surface area contributed by atoms with E-state index in [2.05, 4.69) is 0 Å². The van der Waals surface area contributed by atoms with Crippen molar-refractivity contribution in [2.75, 3.05) is 0 Å². The van der Waals surface area contributed by atoms with Crippen molar-refractivity contribution in [1.82, 2.24) is 0 Å². The maximum Gasteiger partial charge on any atom is 0.336 e. The largest absolute Gasteiger partial charge is 0.464 e. The second kappa shape index (κ2) is 3.44. The first-order valence-corrected chi connectivity index (χ1v) is 4.25. The van der Waals surface area contributed by atoms with Gasteiger partial charge in [-0.25, -0.2) is 4.79 Å². The fraction of sp³-hybridized carbons (Fsp3) is 0. The molecular weight excluding hydrogens is 216 g/mol. The molecule has 0 aliphatic carbocycles. The first kappa shape index (κ1) is 9.80. The van der Waals surface area contributed by atoms with Gasteiger partial charge in [-0.1, -0.05) is 0 Å². The maximum absolute atomic E-state index is 11.1. The summed E-state index contributed by atoms with van der Waals surface area (Å²) < 4.78 is 10.3. The minimum Gasteiger partial charge on any atom is -0.464 e.